The quantitative estimate of drug-likeness (QED) is 0.739. The molecule has 0 aliphatic carbocycles. The third kappa shape index (κ3) is 4.29. The molecule has 1 saturated heterocycles. The highest BCUT2D eigenvalue weighted by Gasteiger charge is 2.31. The number of carboxylic acids is 1. The van der Waals surface area contributed by atoms with Crippen molar-refractivity contribution in [3.63, 3.8) is 0 Å². The van der Waals surface area contributed by atoms with E-state index >= 15 is 0 Å². The normalized spacial score (nSPS) is 22.7. The molecule has 104 valence electrons. The van der Waals surface area contributed by atoms with Gasteiger partial charge in [0.1, 0.15) is 0 Å². The lowest BCUT2D eigenvalue weighted by atomic mass is 9.93. The van der Waals surface area contributed by atoms with E-state index in [2.05, 4.69) is 5.32 Å². The smallest absolute Gasteiger partial charge is 0.310 e. The first-order chi connectivity index (χ1) is 8.12. The zero-order chi connectivity index (χ0) is 14.0. The van der Waals surface area contributed by atoms with Crippen LogP contribution < -0.4 is 5.32 Å². The van der Waals surface area contributed by atoms with Gasteiger partial charge in [0.2, 0.25) is 5.91 Å². The van der Waals surface area contributed by atoms with Crippen molar-refractivity contribution in [1.82, 2.24) is 5.32 Å². The first-order valence-electron chi connectivity index (χ1n) is 5.83. The predicted molar refractivity (Wildman–Crippen MR) is 65.8 cm³/mol. The number of hydrogen-bond acceptors (Lipinski definition) is 4. The fraction of sp³-hybridized carbons (Fsp3) is 0.818. The molecular weight excluding hydrogens is 258 g/mol. The van der Waals surface area contributed by atoms with Gasteiger partial charge in [0.25, 0.3) is 0 Å². The third-order valence-electron chi connectivity index (χ3n) is 3.11. The SMILES string of the molecule is CC(C)(CNC(=O)CC1CCS(=O)(=O)C1)C(=O)O. The van der Waals surface area contributed by atoms with Crippen molar-refractivity contribution < 1.29 is 23.1 Å². The van der Waals surface area contributed by atoms with E-state index < -0.39 is 21.2 Å². The Morgan fingerprint density at radius 3 is 2.44 bits per heavy atom. The maximum absolute atomic E-state index is 11.6. The molecule has 2 N–H and O–H groups in total. The highest BCUT2D eigenvalue weighted by atomic mass is 32.2. The van der Waals surface area contributed by atoms with Crippen LogP contribution >= 0.6 is 0 Å². The molecule has 0 aromatic carbocycles. The highest BCUT2D eigenvalue weighted by molar-refractivity contribution is 7.91. The average Bonchev–Trinajstić information content (AvgIpc) is 2.55. The van der Waals surface area contributed by atoms with E-state index in [1.807, 2.05) is 0 Å². The lowest BCUT2D eigenvalue weighted by Gasteiger charge is -2.20. The van der Waals surface area contributed by atoms with Gasteiger partial charge in [-0.05, 0) is 26.2 Å². The summed E-state index contributed by atoms with van der Waals surface area (Å²) in [6.07, 6.45) is 0.660. The molecule has 18 heavy (non-hydrogen) atoms. The minimum absolute atomic E-state index is 0.0423. The minimum Gasteiger partial charge on any atom is -0.481 e. The number of amides is 1. The number of carbonyl (C=O) groups excluding carboxylic acids is 1. The van der Waals surface area contributed by atoms with Gasteiger partial charge in [0, 0.05) is 13.0 Å². The van der Waals surface area contributed by atoms with Crippen molar-refractivity contribution >= 4 is 21.7 Å². The fourth-order valence-corrected chi connectivity index (χ4v) is 3.62. The molecular formula is C11H19NO5S. The molecule has 1 amide bonds. The Bertz CT molecular complexity index is 440. The van der Waals surface area contributed by atoms with Crippen LogP contribution in [0.1, 0.15) is 26.7 Å². The van der Waals surface area contributed by atoms with Crippen LogP contribution in [0.25, 0.3) is 0 Å². The maximum atomic E-state index is 11.6. The topological polar surface area (TPSA) is 101 Å². The monoisotopic (exact) mass is 277 g/mol. The van der Waals surface area contributed by atoms with Crippen LogP contribution in [0.4, 0.5) is 0 Å². The molecule has 0 spiro atoms. The number of carboxylic acid groups (broad SMARTS) is 1. The summed E-state index contributed by atoms with van der Waals surface area (Å²) in [5, 5.41) is 11.4. The highest BCUT2D eigenvalue weighted by Crippen LogP contribution is 2.21. The molecule has 6 nitrogen and oxygen atoms in total. The Labute approximate surface area is 107 Å². The van der Waals surface area contributed by atoms with Crippen LogP contribution in [0.15, 0.2) is 0 Å². The third-order valence-corrected chi connectivity index (χ3v) is 4.94. The zero-order valence-corrected chi connectivity index (χ0v) is 11.4. The van der Waals surface area contributed by atoms with Gasteiger partial charge in [-0.1, -0.05) is 0 Å². The van der Waals surface area contributed by atoms with Gasteiger partial charge in [-0.3, -0.25) is 9.59 Å². The van der Waals surface area contributed by atoms with Crippen molar-refractivity contribution in [3.05, 3.63) is 0 Å². The second-order valence-electron chi connectivity index (χ2n) is 5.44. The molecule has 1 heterocycles. The lowest BCUT2D eigenvalue weighted by Crippen LogP contribution is -2.39. The van der Waals surface area contributed by atoms with E-state index in [1.165, 1.54) is 13.8 Å². The standard InChI is InChI=1S/C11H19NO5S/c1-11(2,10(14)15)7-12-9(13)5-8-3-4-18(16,17)6-8/h8H,3-7H2,1-2H3,(H,12,13)(H,14,15). The maximum Gasteiger partial charge on any atom is 0.310 e. The van der Waals surface area contributed by atoms with Crippen molar-refractivity contribution in [2.24, 2.45) is 11.3 Å². The second kappa shape index (κ2) is 5.26. The first kappa shape index (κ1) is 14.9. The summed E-state index contributed by atoms with van der Waals surface area (Å²) in [7, 11) is -2.97. The van der Waals surface area contributed by atoms with Gasteiger partial charge in [-0.15, -0.1) is 0 Å². The average molecular weight is 277 g/mol. The molecule has 0 aromatic heterocycles. The Kier molecular flexibility index (Phi) is 4.37. The molecule has 1 aliphatic heterocycles. The van der Waals surface area contributed by atoms with Crippen LogP contribution in [0.5, 0.6) is 0 Å². The molecule has 0 bridgehead atoms. The number of nitrogens with one attached hydrogen (secondary N) is 1. The van der Waals surface area contributed by atoms with E-state index in [0.717, 1.165) is 0 Å². The van der Waals surface area contributed by atoms with E-state index in [1.54, 1.807) is 0 Å². The van der Waals surface area contributed by atoms with Crippen molar-refractivity contribution in [2.75, 3.05) is 18.1 Å². The summed E-state index contributed by atoms with van der Waals surface area (Å²) in [6.45, 7) is 3.09. The molecule has 1 rings (SSSR count). The molecule has 0 aromatic rings. The lowest BCUT2D eigenvalue weighted by molar-refractivity contribution is -0.146. The van der Waals surface area contributed by atoms with Crippen LogP contribution in [0.2, 0.25) is 0 Å². The van der Waals surface area contributed by atoms with Crippen LogP contribution in [-0.4, -0.2) is 43.5 Å². The summed E-state index contributed by atoms with van der Waals surface area (Å²) in [4.78, 5) is 22.4. The van der Waals surface area contributed by atoms with Crippen LogP contribution in [0, 0.1) is 11.3 Å². The Hall–Kier alpha value is -1.11. The largest absolute Gasteiger partial charge is 0.481 e. The first-order valence-corrected chi connectivity index (χ1v) is 7.65. The second-order valence-corrected chi connectivity index (χ2v) is 7.67. The Balaban J connectivity index is 2.38. The summed E-state index contributed by atoms with van der Waals surface area (Å²) >= 11 is 0. The number of aliphatic carboxylic acids is 1. The molecule has 1 fully saturated rings. The molecule has 1 atom stereocenters. The number of sulfone groups is 1. The van der Waals surface area contributed by atoms with E-state index in [9.17, 15) is 18.0 Å². The minimum atomic E-state index is -2.97. The van der Waals surface area contributed by atoms with Gasteiger partial charge in [0.05, 0.1) is 16.9 Å². The summed E-state index contributed by atoms with van der Waals surface area (Å²) in [6, 6.07) is 0. The van der Waals surface area contributed by atoms with E-state index in [0.29, 0.717) is 6.42 Å². The summed E-state index contributed by atoms with van der Waals surface area (Å²) in [5.41, 5.74) is -1.02. The number of rotatable bonds is 5. The van der Waals surface area contributed by atoms with E-state index in [-0.39, 0.29) is 36.3 Å². The van der Waals surface area contributed by atoms with Gasteiger partial charge in [-0.25, -0.2) is 8.42 Å². The van der Waals surface area contributed by atoms with Crippen molar-refractivity contribution in [3.8, 4) is 0 Å². The fourth-order valence-electron chi connectivity index (χ4n) is 1.76. The van der Waals surface area contributed by atoms with Crippen LogP contribution in [-0.2, 0) is 19.4 Å². The zero-order valence-electron chi connectivity index (χ0n) is 10.6. The van der Waals surface area contributed by atoms with Crippen LogP contribution in [0.3, 0.4) is 0 Å². The van der Waals surface area contributed by atoms with Gasteiger partial charge >= 0.3 is 5.97 Å². The van der Waals surface area contributed by atoms with Gasteiger partial charge in [-0.2, -0.15) is 0 Å². The number of hydrogen-bond donors (Lipinski definition) is 2. The molecule has 1 aliphatic rings. The molecule has 7 heteroatoms. The Morgan fingerprint density at radius 2 is 2.00 bits per heavy atom. The summed E-state index contributed by atoms with van der Waals surface area (Å²) in [5.74, 6) is -1.20. The van der Waals surface area contributed by atoms with Crippen molar-refractivity contribution in [1.29, 1.82) is 0 Å². The molecule has 0 saturated carbocycles. The number of carbonyl (C=O) groups is 2. The van der Waals surface area contributed by atoms with Gasteiger partial charge in [0.15, 0.2) is 9.84 Å². The van der Waals surface area contributed by atoms with E-state index in [4.69, 9.17) is 5.11 Å². The van der Waals surface area contributed by atoms with Crippen molar-refractivity contribution in [2.45, 2.75) is 26.7 Å². The van der Waals surface area contributed by atoms with Gasteiger partial charge < -0.3 is 10.4 Å². The summed E-state index contributed by atoms with van der Waals surface area (Å²) < 4.78 is 22.4. The Morgan fingerprint density at radius 1 is 1.39 bits per heavy atom. The molecule has 1 unspecified atom stereocenters. The molecule has 0 radical (unpaired) electrons. The predicted octanol–water partition coefficient (Wildman–Crippen LogP) is 0.0382.